The molecule has 1 aromatic carbocycles. The van der Waals surface area contributed by atoms with Crippen molar-refractivity contribution in [1.82, 2.24) is 15.0 Å². The van der Waals surface area contributed by atoms with Crippen LogP contribution in [-0.4, -0.2) is 39.9 Å². The van der Waals surface area contributed by atoms with E-state index >= 15 is 0 Å². The Morgan fingerprint density at radius 1 is 1.13 bits per heavy atom. The minimum atomic E-state index is -0.168. The van der Waals surface area contributed by atoms with Gasteiger partial charge >= 0.3 is 0 Å². The highest BCUT2D eigenvalue weighted by Gasteiger charge is 2.32. The van der Waals surface area contributed by atoms with Crippen molar-refractivity contribution in [2.24, 2.45) is 5.92 Å². The van der Waals surface area contributed by atoms with Gasteiger partial charge in [0.1, 0.15) is 22.8 Å². The molecule has 1 aliphatic rings. The highest BCUT2D eigenvalue weighted by molar-refractivity contribution is 6.33. The third-order valence-corrected chi connectivity index (χ3v) is 5.85. The molecule has 2 aromatic heterocycles. The lowest BCUT2D eigenvalue weighted by molar-refractivity contribution is -0.121. The summed E-state index contributed by atoms with van der Waals surface area (Å²) in [6.45, 7) is 4.62. The van der Waals surface area contributed by atoms with E-state index in [9.17, 15) is 9.59 Å². The average Bonchev–Trinajstić information content (AvgIpc) is 3.16. The van der Waals surface area contributed by atoms with E-state index in [1.165, 1.54) is 0 Å². The van der Waals surface area contributed by atoms with Crippen LogP contribution in [0.5, 0.6) is 0 Å². The minimum Gasteiger partial charge on any atom is -0.360 e. The zero-order chi connectivity index (χ0) is 22.0. The van der Waals surface area contributed by atoms with Gasteiger partial charge in [-0.3, -0.25) is 9.59 Å². The molecule has 0 unspecified atom stereocenters. The van der Waals surface area contributed by atoms with E-state index in [2.05, 4.69) is 15.5 Å². The number of benzene rings is 1. The number of aromatic nitrogens is 2. The van der Waals surface area contributed by atoms with Crippen molar-refractivity contribution in [3.8, 4) is 11.3 Å². The summed E-state index contributed by atoms with van der Waals surface area (Å²) in [5.74, 6) is 0.594. The number of hydrogen-bond acceptors (Lipinski definition) is 5. The Morgan fingerprint density at radius 3 is 2.55 bits per heavy atom. The molecule has 3 heterocycles. The molecular formula is C23H23ClN4O3. The number of aryl methyl sites for hydroxylation is 2. The molecule has 1 aliphatic heterocycles. The van der Waals surface area contributed by atoms with Gasteiger partial charge in [0.25, 0.3) is 5.91 Å². The highest BCUT2D eigenvalue weighted by Crippen LogP contribution is 2.32. The molecule has 7 nitrogen and oxygen atoms in total. The topological polar surface area (TPSA) is 88.3 Å². The number of nitrogens with one attached hydrogen (secondary N) is 1. The number of pyridine rings is 1. The van der Waals surface area contributed by atoms with Crippen molar-refractivity contribution in [1.29, 1.82) is 0 Å². The predicted octanol–water partition coefficient (Wildman–Crippen LogP) is 4.50. The maximum atomic E-state index is 13.3. The summed E-state index contributed by atoms with van der Waals surface area (Å²) in [7, 11) is 0. The Kier molecular flexibility index (Phi) is 6.04. The second-order valence-corrected chi connectivity index (χ2v) is 8.13. The maximum absolute atomic E-state index is 13.3. The molecule has 1 N–H and O–H groups in total. The lowest BCUT2D eigenvalue weighted by atomic mass is 9.95. The van der Waals surface area contributed by atoms with Crippen LogP contribution in [-0.2, 0) is 4.79 Å². The van der Waals surface area contributed by atoms with Gasteiger partial charge in [-0.1, -0.05) is 41.0 Å². The number of piperidine rings is 1. The number of carbonyl (C=O) groups is 2. The van der Waals surface area contributed by atoms with Gasteiger partial charge in [0.2, 0.25) is 5.91 Å². The van der Waals surface area contributed by atoms with Crippen LogP contribution in [0.3, 0.4) is 0 Å². The Bertz CT molecular complexity index is 1100. The largest absolute Gasteiger partial charge is 0.360 e. The van der Waals surface area contributed by atoms with Gasteiger partial charge in [0.15, 0.2) is 0 Å². The molecule has 0 radical (unpaired) electrons. The first-order valence-corrected chi connectivity index (χ1v) is 10.6. The van der Waals surface area contributed by atoms with E-state index in [4.69, 9.17) is 16.1 Å². The third-order valence-electron chi connectivity index (χ3n) is 5.52. The van der Waals surface area contributed by atoms with Crippen LogP contribution in [0.2, 0.25) is 5.02 Å². The summed E-state index contributed by atoms with van der Waals surface area (Å²) in [6.07, 6.45) is 2.87. The lowest BCUT2D eigenvalue weighted by Gasteiger charge is -2.31. The molecule has 0 bridgehead atoms. The molecule has 4 rings (SSSR count). The van der Waals surface area contributed by atoms with Crippen LogP contribution in [0.25, 0.3) is 11.3 Å². The average molecular weight is 439 g/mol. The van der Waals surface area contributed by atoms with Crippen molar-refractivity contribution in [3.05, 3.63) is 64.5 Å². The van der Waals surface area contributed by atoms with Crippen molar-refractivity contribution in [2.75, 3.05) is 18.4 Å². The van der Waals surface area contributed by atoms with Gasteiger partial charge < -0.3 is 14.7 Å². The van der Waals surface area contributed by atoms with Crippen molar-refractivity contribution >= 4 is 29.2 Å². The van der Waals surface area contributed by atoms with Crippen LogP contribution < -0.4 is 5.32 Å². The first kappa shape index (κ1) is 21.1. The molecule has 1 saturated heterocycles. The van der Waals surface area contributed by atoms with Gasteiger partial charge in [-0.25, -0.2) is 4.98 Å². The molecule has 31 heavy (non-hydrogen) atoms. The Hall–Kier alpha value is -3.19. The highest BCUT2D eigenvalue weighted by atomic mass is 35.5. The van der Waals surface area contributed by atoms with Crippen LogP contribution in [0, 0.1) is 19.8 Å². The fourth-order valence-electron chi connectivity index (χ4n) is 3.73. The van der Waals surface area contributed by atoms with E-state index in [1.54, 1.807) is 30.2 Å². The first-order chi connectivity index (χ1) is 14.9. The van der Waals surface area contributed by atoms with E-state index in [0.29, 0.717) is 59.4 Å². The van der Waals surface area contributed by atoms with Gasteiger partial charge in [0, 0.05) is 30.8 Å². The van der Waals surface area contributed by atoms with Crippen LogP contribution in [0.1, 0.15) is 34.5 Å². The normalized spacial score (nSPS) is 14.5. The van der Waals surface area contributed by atoms with Crippen LogP contribution >= 0.6 is 11.6 Å². The van der Waals surface area contributed by atoms with E-state index in [-0.39, 0.29) is 17.7 Å². The van der Waals surface area contributed by atoms with Crippen LogP contribution in [0.4, 0.5) is 5.82 Å². The van der Waals surface area contributed by atoms with Gasteiger partial charge in [-0.2, -0.15) is 0 Å². The summed E-state index contributed by atoms with van der Waals surface area (Å²) in [5.41, 5.74) is 2.55. The number of carbonyl (C=O) groups excluding carboxylic acids is 2. The maximum Gasteiger partial charge on any atom is 0.259 e. The first-order valence-electron chi connectivity index (χ1n) is 10.2. The summed E-state index contributed by atoms with van der Waals surface area (Å²) in [6, 6.07) is 10.9. The molecule has 8 heteroatoms. The molecule has 160 valence electrons. The van der Waals surface area contributed by atoms with Gasteiger partial charge in [-0.15, -0.1) is 0 Å². The van der Waals surface area contributed by atoms with Crippen LogP contribution in [0.15, 0.2) is 47.1 Å². The van der Waals surface area contributed by atoms with E-state index in [1.807, 2.05) is 31.2 Å². The number of amides is 2. The minimum absolute atomic E-state index is 0.0682. The zero-order valence-corrected chi connectivity index (χ0v) is 18.1. The number of nitrogens with zero attached hydrogens (tertiary/aromatic N) is 3. The van der Waals surface area contributed by atoms with Crippen molar-refractivity contribution < 1.29 is 14.1 Å². The molecule has 2 amide bonds. The SMILES string of the molecule is Cc1ccc(NC(=O)C2CCN(C(=O)c3c(-c4ccccc4Cl)noc3C)CC2)nc1. The summed E-state index contributed by atoms with van der Waals surface area (Å²) in [4.78, 5) is 31.8. The molecule has 0 saturated carbocycles. The smallest absolute Gasteiger partial charge is 0.259 e. The second kappa shape index (κ2) is 8.89. The number of hydrogen-bond donors (Lipinski definition) is 1. The predicted molar refractivity (Wildman–Crippen MR) is 118 cm³/mol. The van der Waals surface area contributed by atoms with Crippen molar-refractivity contribution in [2.45, 2.75) is 26.7 Å². The summed E-state index contributed by atoms with van der Waals surface area (Å²) >= 11 is 6.30. The Balaban J connectivity index is 1.43. The van der Waals surface area contributed by atoms with Gasteiger partial charge in [-0.05, 0) is 44.4 Å². The zero-order valence-electron chi connectivity index (χ0n) is 17.4. The monoisotopic (exact) mass is 438 g/mol. The molecular weight excluding hydrogens is 416 g/mol. The number of anilines is 1. The van der Waals surface area contributed by atoms with Crippen molar-refractivity contribution in [3.63, 3.8) is 0 Å². The second-order valence-electron chi connectivity index (χ2n) is 7.72. The fourth-order valence-corrected chi connectivity index (χ4v) is 3.96. The third kappa shape index (κ3) is 4.46. The molecule has 1 fully saturated rings. The molecule has 0 atom stereocenters. The Labute approximate surface area is 185 Å². The Morgan fingerprint density at radius 2 is 1.87 bits per heavy atom. The molecule has 3 aromatic rings. The quantitative estimate of drug-likeness (QED) is 0.648. The number of likely N-dealkylation sites (tertiary alicyclic amines) is 1. The standard InChI is InChI=1S/C23H23ClN4O3/c1-14-7-8-19(25-13-14)26-22(29)16-9-11-28(12-10-16)23(30)20-15(2)31-27-21(20)17-5-3-4-6-18(17)24/h3-8,13,16H,9-12H2,1-2H3,(H,25,26,29). The van der Waals surface area contributed by atoms with E-state index < -0.39 is 0 Å². The molecule has 0 aliphatic carbocycles. The fraction of sp³-hybridized carbons (Fsp3) is 0.304. The lowest BCUT2D eigenvalue weighted by Crippen LogP contribution is -2.41. The molecule has 0 spiro atoms. The van der Waals surface area contributed by atoms with E-state index in [0.717, 1.165) is 5.56 Å². The number of rotatable bonds is 4. The summed E-state index contributed by atoms with van der Waals surface area (Å²) in [5, 5.41) is 7.45. The van der Waals surface area contributed by atoms with Gasteiger partial charge in [0.05, 0.1) is 5.02 Å². The summed E-state index contributed by atoms with van der Waals surface area (Å²) < 4.78 is 5.32. The number of halogens is 1.